The number of nitrogens with one attached hydrogen (secondary N) is 1. The lowest BCUT2D eigenvalue weighted by atomic mass is 10.3. The summed E-state index contributed by atoms with van der Waals surface area (Å²) in [6.45, 7) is 3.63. The van der Waals surface area contributed by atoms with Crippen molar-refractivity contribution in [1.82, 2.24) is 4.57 Å². The van der Waals surface area contributed by atoms with E-state index in [1.54, 1.807) is 6.07 Å². The van der Waals surface area contributed by atoms with E-state index < -0.39 is 0 Å². The Balaban J connectivity index is 2.09. The number of hydrogen-bond donors (Lipinski definition) is 1. The average Bonchev–Trinajstić information content (AvgIpc) is 2.77. The molecule has 1 aromatic carbocycles. The maximum Gasteiger partial charge on any atom is 0.125 e. The average molecular weight is 253 g/mol. The van der Waals surface area contributed by atoms with Crippen LogP contribution in [0.25, 0.3) is 0 Å². The largest absolute Gasteiger partial charge is 0.378 e. The molecule has 0 saturated heterocycles. The Morgan fingerprint density at radius 1 is 1.35 bits per heavy atom. The van der Waals surface area contributed by atoms with Gasteiger partial charge in [0, 0.05) is 18.4 Å². The lowest BCUT2D eigenvalue weighted by Gasteiger charge is -2.10. The molecule has 1 N–H and O–H groups in total. The Labute approximate surface area is 105 Å². The number of hydrogen-bond acceptors (Lipinski definition) is 1. The Kier molecular flexibility index (Phi) is 3.69. The molecule has 0 aliphatic rings. The number of rotatable bonds is 4. The molecule has 0 atom stereocenters. The van der Waals surface area contributed by atoms with E-state index in [0.717, 1.165) is 12.2 Å². The first-order valence-electron chi connectivity index (χ1n) is 5.53. The topological polar surface area (TPSA) is 17.0 Å². The predicted octanol–water partition coefficient (Wildman–Crippen LogP) is 3.91. The molecule has 0 bridgehead atoms. The van der Waals surface area contributed by atoms with E-state index in [0.29, 0.717) is 17.3 Å². The Morgan fingerprint density at radius 3 is 2.94 bits per heavy atom. The highest BCUT2D eigenvalue weighted by molar-refractivity contribution is 6.33. The highest BCUT2D eigenvalue weighted by atomic mass is 35.5. The number of benzene rings is 1. The van der Waals surface area contributed by atoms with Gasteiger partial charge in [0.05, 0.1) is 17.3 Å². The molecule has 0 unspecified atom stereocenters. The number of aryl methyl sites for hydroxylation is 1. The van der Waals surface area contributed by atoms with E-state index in [4.69, 9.17) is 11.6 Å². The highest BCUT2D eigenvalue weighted by Crippen LogP contribution is 2.23. The van der Waals surface area contributed by atoms with Gasteiger partial charge in [0.1, 0.15) is 5.82 Å². The lowest BCUT2D eigenvalue weighted by molar-refractivity contribution is 0.628. The van der Waals surface area contributed by atoms with Crippen molar-refractivity contribution in [3.05, 3.63) is 53.1 Å². The number of nitrogens with zero attached hydrogens (tertiary/aromatic N) is 1. The monoisotopic (exact) mass is 252 g/mol. The normalized spacial score (nSPS) is 10.5. The van der Waals surface area contributed by atoms with Gasteiger partial charge in [-0.3, -0.25) is 0 Å². The first-order chi connectivity index (χ1) is 8.20. The van der Waals surface area contributed by atoms with Gasteiger partial charge in [0.25, 0.3) is 0 Å². The second kappa shape index (κ2) is 5.23. The molecular formula is C13H14ClFN2. The standard InChI is InChI=1S/C13H14ClFN2/c1-2-17-7-3-4-11(17)9-16-13-8-10(15)5-6-12(13)14/h3-8,16H,2,9H2,1H3. The molecule has 1 heterocycles. The molecule has 17 heavy (non-hydrogen) atoms. The first-order valence-corrected chi connectivity index (χ1v) is 5.91. The van der Waals surface area contributed by atoms with Gasteiger partial charge in [-0.05, 0) is 37.3 Å². The van der Waals surface area contributed by atoms with Gasteiger partial charge < -0.3 is 9.88 Å². The molecule has 0 spiro atoms. The van der Waals surface area contributed by atoms with E-state index in [1.807, 2.05) is 18.3 Å². The summed E-state index contributed by atoms with van der Waals surface area (Å²) in [5.41, 5.74) is 1.77. The third-order valence-corrected chi connectivity index (χ3v) is 2.98. The van der Waals surface area contributed by atoms with E-state index in [1.165, 1.54) is 12.1 Å². The van der Waals surface area contributed by atoms with Gasteiger partial charge >= 0.3 is 0 Å². The van der Waals surface area contributed by atoms with Crippen LogP contribution in [0.1, 0.15) is 12.6 Å². The quantitative estimate of drug-likeness (QED) is 0.873. The molecule has 0 fully saturated rings. The summed E-state index contributed by atoms with van der Waals surface area (Å²) in [5, 5.41) is 3.67. The van der Waals surface area contributed by atoms with Crippen LogP contribution in [0.3, 0.4) is 0 Å². The highest BCUT2D eigenvalue weighted by Gasteiger charge is 2.03. The summed E-state index contributed by atoms with van der Waals surface area (Å²) in [6, 6.07) is 8.33. The van der Waals surface area contributed by atoms with Gasteiger partial charge in [-0.15, -0.1) is 0 Å². The molecular weight excluding hydrogens is 239 g/mol. The van der Waals surface area contributed by atoms with Crippen molar-refractivity contribution in [3.8, 4) is 0 Å². The SMILES string of the molecule is CCn1cccc1CNc1cc(F)ccc1Cl. The zero-order valence-corrected chi connectivity index (χ0v) is 10.3. The lowest BCUT2D eigenvalue weighted by Crippen LogP contribution is -2.06. The minimum Gasteiger partial charge on any atom is -0.378 e. The summed E-state index contributed by atoms with van der Waals surface area (Å²) < 4.78 is 15.2. The van der Waals surface area contributed by atoms with Crippen molar-refractivity contribution in [2.24, 2.45) is 0 Å². The van der Waals surface area contributed by atoms with Crippen molar-refractivity contribution >= 4 is 17.3 Å². The van der Waals surface area contributed by atoms with Gasteiger partial charge in [-0.2, -0.15) is 0 Å². The predicted molar refractivity (Wildman–Crippen MR) is 68.8 cm³/mol. The fourth-order valence-corrected chi connectivity index (χ4v) is 1.92. The van der Waals surface area contributed by atoms with Crippen molar-refractivity contribution in [3.63, 3.8) is 0 Å². The van der Waals surface area contributed by atoms with Crippen LogP contribution in [-0.4, -0.2) is 4.57 Å². The molecule has 0 amide bonds. The van der Waals surface area contributed by atoms with Crippen molar-refractivity contribution in [2.45, 2.75) is 20.0 Å². The second-order valence-electron chi connectivity index (χ2n) is 3.76. The fourth-order valence-electron chi connectivity index (χ4n) is 1.74. The Bertz CT molecular complexity index is 508. The number of aromatic nitrogens is 1. The minimum absolute atomic E-state index is 0.289. The second-order valence-corrected chi connectivity index (χ2v) is 4.17. The maximum absolute atomic E-state index is 13.1. The van der Waals surface area contributed by atoms with Crippen molar-refractivity contribution in [1.29, 1.82) is 0 Å². The van der Waals surface area contributed by atoms with Gasteiger partial charge in [0.2, 0.25) is 0 Å². The molecule has 0 radical (unpaired) electrons. The first kappa shape index (κ1) is 12.0. The molecule has 2 nitrogen and oxygen atoms in total. The smallest absolute Gasteiger partial charge is 0.125 e. The number of halogens is 2. The van der Waals surface area contributed by atoms with E-state index in [2.05, 4.69) is 16.8 Å². The zero-order chi connectivity index (χ0) is 12.3. The molecule has 90 valence electrons. The Hall–Kier alpha value is -1.48. The van der Waals surface area contributed by atoms with Crippen molar-refractivity contribution < 1.29 is 4.39 Å². The van der Waals surface area contributed by atoms with Crippen LogP contribution in [0.15, 0.2) is 36.5 Å². The summed E-state index contributed by atoms with van der Waals surface area (Å²) in [5.74, 6) is -0.289. The molecule has 0 aliphatic heterocycles. The van der Waals surface area contributed by atoms with Crippen LogP contribution in [0.4, 0.5) is 10.1 Å². The minimum atomic E-state index is -0.289. The number of anilines is 1. The molecule has 1 aromatic heterocycles. The van der Waals surface area contributed by atoms with Gasteiger partial charge in [-0.1, -0.05) is 11.6 Å². The summed E-state index contributed by atoms with van der Waals surface area (Å²) in [4.78, 5) is 0. The van der Waals surface area contributed by atoms with E-state index in [9.17, 15) is 4.39 Å². The molecule has 2 rings (SSSR count). The summed E-state index contributed by atoms with van der Waals surface area (Å²) >= 11 is 5.97. The summed E-state index contributed by atoms with van der Waals surface area (Å²) in [6.07, 6.45) is 2.02. The summed E-state index contributed by atoms with van der Waals surface area (Å²) in [7, 11) is 0. The Morgan fingerprint density at radius 2 is 2.18 bits per heavy atom. The molecule has 0 saturated carbocycles. The zero-order valence-electron chi connectivity index (χ0n) is 9.58. The van der Waals surface area contributed by atoms with E-state index in [-0.39, 0.29) is 5.82 Å². The maximum atomic E-state index is 13.1. The van der Waals surface area contributed by atoms with Crippen LogP contribution in [0.5, 0.6) is 0 Å². The third-order valence-electron chi connectivity index (χ3n) is 2.65. The van der Waals surface area contributed by atoms with Crippen LogP contribution in [0.2, 0.25) is 5.02 Å². The molecule has 4 heteroatoms. The molecule has 2 aromatic rings. The third kappa shape index (κ3) is 2.80. The van der Waals surface area contributed by atoms with Crippen molar-refractivity contribution in [2.75, 3.05) is 5.32 Å². The van der Waals surface area contributed by atoms with Crippen LogP contribution in [-0.2, 0) is 13.1 Å². The van der Waals surface area contributed by atoms with Crippen LogP contribution >= 0.6 is 11.6 Å². The molecule has 0 aliphatic carbocycles. The van der Waals surface area contributed by atoms with E-state index >= 15 is 0 Å². The van der Waals surface area contributed by atoms with Crippen LogP contribution < -0.4 is 5.32 Å². The van der Waals surface area contributed by atoms with Crippen LogP contribution in [0, 0.1) is 5.82 Å². The fraction of sp³-hybridized carbons (Fsp3) is 0.231. The van der Waals surface area contributed by atoms with Gasteiger partial charge in [-0.25, -0.2) is 4.39 Å². The van der Waals surface area contributed by atoms with Gasteiger partial charge in [0.15, 0.2) is 0 Å².